The molecule has 1 saturated heterocycles. The second-order valence-electron chi connectivity index (χ2n) is 5.72. The van der Waals surface area contributed by atoms with Crippen LogP contribution in [0.5, 0.6) is 0 Å². The van der Waals surface area contributed by atoms with E-state index >= 15 is 0 Å². The average molecular weight is 315 g/mol. The first-order valence-electron chi connectivity index (χ1n) is 7.50. The maximum Gasteiger partial charge on any atom is 0.241 e. The summed E-state index contributed by atoms with van der Waals surface area (Å²) in [5.41, 5.74) is 2.91. The predicted octanol–water partition coefficient (Wildman–Crippen LogP) is 4.04. The van der Waals surface area contributed by atoms with Gasteiger partial charge in [0.25, 0.3) is 0 Å². The fourth-order valence-corrected chi connectivity index (χ4v) is 3.10. The molecule has 1 amide bonds. The van der Waals surface area contributed by atoms with E-state index < -0.39 is 0 Å². The third kappa shape index (κ3) is 3.32. The minimum absolute atomic E-state index is 0.0187. The lowest BCUT2D eigenvalue weighted by molar-refractivity contribution is -0.119. The van der Waals surface area contributed by atoms with Gasteiger partial charge >= 0.3 is 0 Å². The summed E-state index contributed by atoms with van der Waals surface area (Å²) in [6.45, 7) is 0.987. The summed E-state index contributed by atoms with van der Waals surface area (Å²) >= 11 is 6.05. The van der Waals surface area contributed by atoms with Gasteiger partial charge in [0, 0.05) is 10.7 Å². The third-order valence-electron chi connectivity index (χ3n) is 4.11. The Labute approximate surface area is 135 Å². The van der Waals surface area contributed by atoms with Crippen LogP contribution in [0.1, 0.15) is 12.8 Å². The molecule has 1 atom stereocenters. The van der Waals surface area contributed by atoms with Gasteiger partial charge in [-0.05, 0) is 61.8 Å². The van der Waals surface area contributed by atoms with E-state index in [9.17, 15) is 4.79 Å². The second kappa shape index (κ2) is 6.51. The molecule has 1 N–H and O–H groups in total. The lowest BCUT2D eigenvalue weighted by Gasteiger charge is -2.18. The number of hydrogen-bond acceptors (Lipinski definition) is 2. The maximum atomic E-state index is 12.4. The zero-order chi connectivity index (χ0) is 15.5. The van der Waals surface area contributed by atoms with Gasteiger partial charge in [0.05, 0.1) is 6.04 Å². The lowest BCUT2D eigenvalue weighted by atomic mass is 10.1. The van der Waals surface area contributed by atoms with Crippen LogP contribution in [0.2, 0.25) is 5.02 Å². The molecule has 1 fully saturated rings. The standard InChI is InChI=1S/C18H19ClN2O/c1-21-10-4-9-17(21)18(22)20-16-8-3-6-14(12-16)13-5-2-7-15(19)11-13/h2-3,5-8,11-12,17H,4,9-10H2,1H3,(H,20,22)/t17-/m0/s1. The Morgan fingerprint density at radius 3 is 2.59 bits per heavy atom. The molecular weight excluding hydrogens is 296 g/mol. The molecule has 3 nitrogen and oxygen atoms in total. The fraction of sp³-hybridized carbons (Fsp3) is 0.278. The van der Waals surface area contributed by atoms with Gasteiger partial charge in [0.1, 0.15) is 0 Å². The highest BCUT2D eigenvalue weighted by Crippen LogP contribution is 2.25. The second-order valence-corrected chi connectivity index (χ2v) is 6.16. The predicted molar refractivity (Wildman–Crippen MR) is 91.2 cm³/mol. The van der Waals surface area contributed by atoms with Crippen LogP contribution in [0.15, 0.2) is 48.5 Å². The molecule has 1 aliphatic heterocycles. The number of halogens is 1. The number of nitrogens with zero attached hydrogens (tertiary/aromatic N) is 1. The molecule has 3 rings (SSSR count). The molecule has 2 aromatic rings. The van der Waals surface area contributed by atoms with Crippen molar-refractivity contribution in [3.05, 3.63) is 53.6 Å². The molecule has 4 heteroatoms. The summed E-state index contributed by atoms with van der Waals surface area (Å²) in [6, 6.07) is 15.6. The molecule has 114 valence electrons. The highest BCUT2D eigenvalue weighted by molar-refractivity contribution is 6.30. The molecule has 1 heterocycles. The highest BCUT2D eigenvalue weighted by atomic mass is 35.5. The van der Waals surface area contributed by atoms with Gasteiger partial charge < -0.3 is 5.32 Å². The van der Waals surface area contributed by atoms with Crippen LogP contribution in [0, 0.1) is 0 Å². The monoisotopic (exact) mass is 314 g/mol. The van der Waals surface area contributed by atoms with Gasteiger partial charge in [-0.3, -0.25) is 9.69 Å². The average Bonchev–Trinajstić information content (AvgIpc) is 2.94. The van der Waals surface area contributed by atoms with E-state index in [0.717, 1.165) is 36.2 Å². The third-order valence-corrected chi connectivity index (χ3v) is 4.35. The molecule has 1 aliphatic rings. The van der Waals surface area contributed by atoms with Crippen LogP contribution >= 0.6 is 11.6 Å². The fourth-order valence-electron chi connectivity index (χ4n) is 2.91. The van der Waals surface area contributed by atoms with Crippen molar-refractivity contribution in [2.24, 2.45) is 0 Å². The van der Waals surface area contributed by atoms with Gasteiger partial charge in [-0.1, -0.05) is 35.9 Å². The Balaban J connectivity index is 1.78. The summed E-state index contributed by atoms with van der Waals surface area (Å²) in [6.07, 6.45) is 2.01. The number of carbonyl (C=O) groups excluding carboxylic acids is 1. The molecule has 0 bridgehead atoms. The largest absolute Gasteiger partial charge is 0.325 e. The Bertz CT molecular complexity index is 686. The van der Waals surface area contributed by atoms with Crippen molar-refractivity contribution in [2.45, 2.75) is 18.9 Å². The number of amides is 1. The molecule has 0 unspecified atom stereocenters. The van der Waals surface area contributed by atoms with E-state index in [2.05, 4.69) is 10.2 Å². The van der Waals surface area contributed by atoms with Crippen LogP contribution in [-0.4, -0.2) is 30.4 Å². The van der Waals surface area contributed by atoms with Gasteiger partial charge in [-0.2, -0.15) is 0 Å². The van der Waals surface area contributed by atoms with E-state index in [1.54, 1.807) is 0 Å². The van der Waals surface area contributed by atoms with E-state index in [1.165, 1.54) is 0 Å². The number of nitrogens with one attached hydrogen (secondary N) is 1. The molecule has 0 spiro atoms. The highest BCUT2D eigenvalue weighted by Gasteiger charge is 2.27. The van der Waals surface area contributed by atoms with Crippen LogP contribution in [0.4, 0.5) is 5.69 Å². The first kappa shape index (κ1) is 15.1. The molecule has 0 radical (unpaired) electrons. The number of anilines is 1. The Morgan fingerprint density at radius 1 is 1.18 bits per heavy atom. The Hall–Kier alpha value is -1.84. The lowest BCUT2D eigenvalue weighted by Crippen LogP contribution is -2.37. The number of rotatable bonds is 3. The van der Waals surface area contributed by atoms with E-state index in [-0.39, 0.29) is 11.9 Å². The minimum Gasteiger partial charge on any atom is -0.325 e. The molecule has 22 heavy (non-hydrogen) atoms. The number of likely N-dealkylation sites (tertiary alicyclic amines) is 1. The zero-order valence-corrected chi connectivity index (χ0v) is 13.3. The summed E-state index contributed by atoms with van der Waals surface area (Å²) < 4.78 is 0. The Morgan fingerprint density at radius 2 is 1.91 bits per heavy atom. The summed E-state index contributed by atoms with van der Waals surface area (Å²) in [7, 11) is 2.00. The van der Waals surface area contributed by atoms with E-state index in [4.69, 9.17) is 11.6 Å². The van der Waals surface area contributed by atoms with E-state index in [1.807, 2.05) is 55.6 Å². The first-order valence-corrected chi connectivity index (χ1v) is 7.88. The van der Waals surface area contributed by atoms with Crippen LogP contribution < -0.4 is 5.32 Å². The van der Waals surface area contributed by atoms with Crippen molar-refractivity contribution >= 4 is 23.2 Å². The van der Waals surface area contributed by atoms with Crippen molar-refractivity contribution in [2.75, 3.05) is 18.9 Å². The van der Waals surface area contributed by atoms with E-state index in [0.29, 0.717) is 5.02 Å². The van der Waals surface area contributed by atoms with Crippen LogP contribution in [0.25, 0.3) is 11.1 Å². The number of benzene rings is 2. The quantitative estimate of drug-likeness (QED) is 0.927. The van der Waals surface area contributed by atoms with Gasteiger partial charge in [-0.25, -0.2) is 0 Å². The number of likely N-dealkylation sites (N-methyl/N-ethyl adjacent to an activating group) is 1. The van der Waals surface area contributed by atoms with Crippen molar-refractivity contribution in [3.8, 4) is 11.1 Å². The topological polar surface area (TPSA) is 32.3 Å². The normalized spacial score (nSPS) is 18.4. The zero-order valence-electron chi connectivity index (χ0n) is 12.6. The van der Waals surface area contributed by atoms with Gasteiger partial charge in [0.15, 0.2) is 0 Å². The van der Waals surface area contributed by atoms with Gasteiger partial charge in [-0.15, -0.1) is 0 Å². The minimum atomic E-state index is -0.0187. The molecule has 0 saturated carbocycles. The van der Waals surface area contributed by atoms with Gasteiger partial charge in [0.2, 0.25) is 5.91 Å². The summed E-state index contributed by atoms with van der Waals surface area (Å²) in [5, 5.41) is 3.73. The summed E-state index contributed by atoms with van der Waals surface area (Å²) in [5.74, 6) is 0.0724. The maximum absolute atomic E-state index is 12.4. The molecule has 0 aromatic heterocycles. The van der Waals surface area contributed by atoms with Crippen LogP contribution in [-0.2, 0) is 4.79 Å². The number of carbonyl (C=O) groups is 1. The molecular formula is C18H19ClN2O. The van der Waals surface area contributed by atoms with Crippen molar-refractivity contribution in [1.82, 2.24) is 4.90 Å². The molecule has 0 aliphatic carbocycles. The number of hydrogen-bond donors (Lipinski definition) is 1. The van der Waals surface area contributed by atoms with Crippen molar-refractivity contribution < 1.29 is 4.79 Å². The molecule has 2 aromatic carbocycles. The summed E-state index contributed by atoms with van der Waals surface area (Å²) in [4.78, 5) is 14.5. The Kier molecular flexibility index (Phi) is 4.46. The van der Waals surface area contributed by atoms with Crippen molar-refractivity contribution in [1.29, 1.82) is 0 Å². The smallest absolute Gasteiger partial charge is 0.241 e. The van der Waals surface area contributed by atoms with Crippen LogP contribution in [0.3, 0.4) is 0 Å². The first-order chi connectivity index (χ1) is 10.6. The van der Waals surface area contributed by atoms with Crippen molar-refractivity contribution in [3.63, 3.8) is 0 Å². The SMILES string of the molecule is CN1CCC[C@H]1C(=O)Nc1cccc(-c2cccc(Cl)c2)c1.